The van der Waals surface area contributed by atoms with Crippen molar-refractivity contribution in [1.29, 1.82) is 0 Å². The van der Waals surface area contributed by atoms with E-state index in [9.17, 15) is 18.0 Å². The molecule has 116 valence electrons. The van der Waals surface area contributed by atoms with Gasteiger partial charge in [0.1, 0.15) is 0 Å². The van der Waals surface area contributed by atoms with Crippen molar-refractivity contribution in [1.82, 2.24) is 5.32 Å². The third kappa shape index (κ3) is 3.49. The molecule has 0 saturated carbocycles. The van der Waals surface area contributed by atoms with E-state index in [1.165, 1.54) is 17.0 Å². The summed E-state index contributed by atoms with van der Waals surface area (Å²) in [7, 11) is 0. The number of hydrogen-bond donors (Lipinski definition) is 1. The number of piperidine rings is 1. The number of anilines is 1. The predicted octanol–water partition coefficient (Wildman–Crippen LogP) is 3.46. The highest BCUT2D eigenvalue weighted by atomic mass is 35.5. The van der Waals surface area contributed by atoms with Crippen molar-refractivity contribution in [2.75, 3.05) is 18.0 Å². The van der Waals surface area contributed by atoms with Gasteiger partial charge in [-0.15, -0.1) is 0 Å². The summed E-state index contributed by atoms with van der Waals surface area (Å²) in [5, 5.41) is 2.69. The second kappa shape index (κ2) is 6.23. The van der Waals surface area contributed by atoms with Crippen molar-refractivity contribution in [3.05, 3.63) is 28.8 Å². The lowest BCUT2D eigenvalue weighted by molar-refractivity contribution is -0.137. The molecule has 1 amide bonds. The van der Waals surface area contributed by atoms with Gasteiger partial charge in [0.25, 0.3) is 0 Å². The lowest BCUT2D eigenvalue weighted by Crippen LogP contribution is -2.50. The van der Waals surface area contributed by atoms with Gasteiger partial charge in [-0.1, -0.05) is 18.5 Å². The second-order valence-electron chi connectivity index (χ2n) is 4.90. The Hall–Kier alpha value is -1.27. The number of rotatable bonds is 3. The van der Waals surface area contributed by atoms with Crippen molar-refractivity contribution < 1.29 is 18.0 Å². The average molecular weight is 321 g/mol. The monoisotopic (exact) mass is 320 g/mol. The van der Waals surface area contributed by atoms with E-state index >= 15 is 0 Å². The van der Waals surface area contributed by atoms with Crippen molar-refractivity contribution in [3.63, 3.8) is 0 Å². The Kier molecular flexibility index (Phi) is 4.78. The van der Waals surface area contributed by atoms with Crippen molar-refractivity contribution in [3.8, 4) is 0 Å². The molecule has 1 aliphatic rings. The minimum absolute atomic E-state index is 0.196. The molecule has 1 unspecified atom stereocenters. The SMILES string of the molecule is CCNC1CCCN(c2ccc(Cl)c(C(F)(F)F)c2)C1=O. The maximum Gasteiger partial charge on any atom is 0.417 e. The Balaban J connectivity index is 2.31. The van der Waals surface area contributed by atoms with E-state index in [0.717, 1.165) is 12.5 Å². The van der Waals surface area contributed by atoms with Gasteiger partial charge in [0.05, 0.1) is 16.6 Å². The van der Waals surface area contributed by atoms with Crippen molar-refractivity contribution in [2.45, 2.75) is 32.0 Å². The van der Waals surface area contributed by atoms with Gasteiger partial charge >= 0.3 is 6.18 Å². The third-order valence-electron chi connectivity index (χ3n) is 3.46. The van der Waals surface area contributed by atoms with Gasteiger partial charge < -0.3 is 10.2 Å². The van der Waals surface area contributed by atoms with Gasteiger partial charge in [-0.3, -0.25) is 4.79 Å². The number of amides is 1. The Bertz CT molecular complexity index is 531. The van der Waals surface area contributed by atoms with Gasteiger partial charge in [-0.2, -0.15) is 13.2 Å². The van der Waals surface area contributed by atoms with Crippen LogP contribution in [0.2, 0.25) is 5.02 Å². The number of hydrogen-bond acceptors (Lipinski definition) is 2. The molecule has 0 aromatic heterocycles. The number of carbonyl (C=O) groups is 1. The molecular formula is C14H16ClF3N2O. The van der Waals surface area contributed by atoms with Crippen molar-refractivity contribution >= 4 is 23.2 Å². The summed E-state index contributed by atoms with van der Waals surface area (Å²) in [6.07, 6.45) is -3.09. The fourth-order valence-corrected chi connectivity index (χ4v) is 2.69. The first-order chi connectivity index (χ1) is 9.84. The molecule has 0 radical (unpaired) electrons. The molecule has 0 spiro atoms. The van der Waals surface area contributed by atoms with E-state index in [1.807, 2.05) is 6.92 Å². The minimum Gasteiger partial charge on any atom is -0.311 e. The molecule has 7 heteroatoms. The highest BCUT2D eigenvalue weighted by Crippen LogP contribution is 2.37. The van der Waals surface area contributed by atoms with Crippen LogP contribution < -0.4 is 10.2 Å². The van der Waals surface area contributed by atoms with E-state index in [0.29, 0.717) is 19.5 Å². The summed E-state index contributed by atoms with van der Waals surface area (Å²) in [4.78, 5) is 13.7. The van der Waals surface area contributed by atoms with Crippen LogP contribution in [-0.4, -0.2) is 25.0 Å². The van der Waals surface area contributed by atoms with Crippen LogP contribution in [0.4, 0.5) is 18.9 Å². The number of benzene rings is 1. The zero-order valence-electron chi connectivity index (χ0n) is 11.5. The van der Waals surface area contributed by atoms with Gasteiger partial charge in [0.2, 0.25) is 5.91 Å². The number of likely N-dealkylation sites (N-methyl/N-ethyl adjacent to an activating group) is 1. The number of carbonyl (C=O) groups excluding carboxylic acids is 1. The molecule has 1 saturated heterocycles. The first kappa shape index (κ1) is 16.1. The standard InChI is InChI=1S/C14H16ClF3N2O/c1-2-19-12-4-3-7-20(13(12)21)9-5-6-11(15)10(8-9)14(16,17)18/h5-6,8,12,19H,2-4,7H2,1H3. The van der Waals surface area contributed by atoms with Crippen LogP contribution in [0.15, 0.2) is 18.2 Å². The van der Waals surface area contributed by atoms with Crippen LogP contribution in [0.1, 0.15) is 25.3 Å². The smallest absolute Gasteiger partial charge is 0.311 e. The van der Waals surface area contributed by atoms with E-state index in [-0.39, 0.29) is 22.7 Å². The average Bonchev–Trinajstić information content (AvgIpc) is 2.41. The molecule has 1 aliphatic heterocycles. The van der Waals surface area contributed by atoms with Gasteiger partial charge in [0, 0.05) is 12.2 Å². The highest BCUT2D eigenvalue weighted by molar-refractivity contribution is 6.31. The number of alkyl halides is 3. The fourth-order valence-electron chi connectivity index (χ4n) is 2.47. The van der Waals surface area contributed by atoms with Crippen LogP contribution in [0.5, 0.6) is 0 Å². The van der Waals surface area contributed by atoms with Crippen molar-refractivity contribution in [2.24, 2.45) is 0 Å². The summed E-state index contributed by atoms with van der Waals surface area (Å²) in [6, 6.07) is 3.23. The van der Waals surface area contributed by atoms with Gasteiger partial charge in [-0.05, 0) is 37.6 Å². The summed E-state index contributed by atoms with van der Waals surface area (Å²) in [5.41, 5.74) is -0.681. The highest BCUT2D eigenvalue weighted by Gasteiger charge is 2.35. The van der Waals surface area contributed by atoms with Crippen LogP contribution in [0.3, 0.4) is 0 Å². The summed E-state index contributed by atoms with van der Waals surface area (Å²) >= 11 is 5.60. The lowest BCUT2D eigenvalue weighted by Gasteiger charge is -2.33. The Morgan fingerprint density at radius 2 is 2.14 bits per heavy atom. The molecule has 1 heterocycles. The topological polar surface area (TPSA) is 32.3 Å². The number of halogens is 4. The lowest BCUT2D eigenvalue weighted by atomic mass is 10.0. The van der Waals surface area contributed by atoms with E-state index in [2.05, 4.69) is 5.32 Å². The zero-order chi connectivity index (χ0) is 15.6. The van der Waals surface area contributed by atoms with E-state index in [4.69, 9.17) is 11.6 Å². The molecule has 1 fully saturated rings. The van der Waals surface area contributed by atoms with E-state index in [1.54, 1.807) is 0 Å². The minimum atomic E-state index is -4.53. The summed E-state index contributed by atoms with van der Waals surface area (Å²) in [6.45, 7) is 2.94. The number of nitrogens with one attached hydrogen (secondary N) is 1. The van der Waals surface area contributed by atoms with Gasteiger partial charge in [-0.25, -0.2) is 0 Å². The second-order valence-corrected chi connectivity index (χ2v) is 5.31. The molecule has 0 aliphatic carbocycles. The first-order valence-corrected chi connectivity index (χ1v) is 7.14. The maximum absolute atomic E-state index is 12.9. The molecule has 3 nitrogen and oxygen atoms in total. The van der Waals surface area contributed by atoms with Crippen LogP contribution in [-0.2, 0) is 11.0 Å². The number of nitrogens with zero attached hydrogens (tertiary/aromatic N) is 1. The third-order valence-corrected chi connectivity index (χ3v) is 3.79. The largest absolute Gasteiger partial charge is 0.417 e. The molecule has 0 bridgehead atoms. The molecule has 1 atom stereocenters. The quantitative estimate of drug-likeness (QED) is 0.925. The zero-order valence-corrected chi connectivity index (χ0v) is 12.3. The Morgan fingerprint density at radius 1 is 1.43 bits per heavy atom. The predicted molar refractivity (Wildman–Crippen MR) is 75.5 cm³/mol. The molecular weight excluding hydrogens is 305 g/mol. The molecule has 21 heavy (non-hydrogen) atoms. The summed E-state index contributed by atoms with van der Waals surface area (Å²) < 4.78 is 38.7. The first-order valence-electron chi connectivity index (χ1n) is 6.76. The normalized spacial score (nSPS) is 20.0. The van der Waals surface area contributed by atoms with Crippen LogP contribution >= 0.6 is 11.6 Å². The molecule has 1 aromatic rings. The molecule has 1 aromatic carbocycles. The Labute approximate surface area is 126 Å². The molecule has 2 rings (SSSR count). The van der Waals surface area contributed by atoms with Crippen LogP contribution in [0, 0.1) is 0 Å². The summed E-state index contributed by atoms with van der Waals surface area (Å²) in [5.74, 6) is -0.196. The van der Waals surface area contributed by atoms with Gasteiger partial charge in [0.15, 0.2) is 0 Å². The van der Waals surface area contributed by atoms with E-state index < -0.39 is 11.7 Å². The van der Waals surface area contributed by atoms with Crippen LogP contribution in [0.25, 0.3) is 0 Å². The molecule has 1 N–H and O–H groups in total. The fraction of sp³-hybridized carbons (Fsp3) is 0.500. The Morgan fingerprint density at radius 3 is 2.76 bits per heavy atom. The maximum atomic E-state index is 12.9.